The summed E-state index contributed by atoms with van der Waals surface area (Å²) in [5.74, 6) is -0.638. The predicted molar refractivity (Wildman–Crippen MR) is 66.3 cm³/mol. The van der Waals surface area contributed by atoms with Gasteiger partial charge >= 0.3 is 6.18 Å². The summed E-state index contributed by atoms with van der Waals surface area (Å²) >= 11 is 1.92. The highest BCUT2D eigenvalue weighted by atomic mass is 127. The molecule has 0 aliphatic carbocycles. The number of halogens is 5. The lowest BCUT2D eigenvalue weighted by atomic mass is 10.2. The van der Waals surface area contributed by atoms with Gasteiger partial charge in [0, 0.05) is 10.6 Å². The third kappa shape index (κ3) is 2.36. The Bertz CT molecular complexity index is 589. The number of benzene rings is 1. The van der Waals surface area contributed by atoms with Crippen molar-refractivity contribution in [2.45, 2.75) is 6.18 Å². The second-order valence-electron chi connectivity index (χ2n) is 3.65. The van der Waals surface area contributed by atoms with E-state index in [1.807, 2.05) is 22.6 Å². The third-order valence-electron chi connectivity index (χ3n) is 2.45. The Morgan fingerprint density at radius 2 is 1.94 bits per heavy atom. The van der Waals surface area contributed by atoms with Crippen molar-refractivity contribution < 1.29 is 17.6 Å². The second kappa shape index (κ2) is 4.52. The molecule has 1 aromatic carbocycles. The lowest BCUT2D eigenvalue weighted by Gasteiger charge is -2.09. The summed E-state index contributed by atoms with van der Waals surface area (Å²) in [5.41, 5.74) is -0.858. The Morgan fingerprint density at radius 3 is 2.44 bits per heavy atom. The maximum absolute atomic E-state index is 13.7. The molecule has 0 N–H and O–H groups in total. The van der Waals surface area contributed by atoms with Gasteiger partial charge in [0.15, 0.2) is 0 Å². The molecule has 1 heterocycles. The van der Waals surface area contributed by atoms with Gasteiger partial charge in [-0.2, -0.15) is 13.2 Å². The van der Waals surface area contributed by atoms with Gasteiger partial charge in [-0.3, -0.25) is 0 Å². The van der Waals surface area contributed by atoms with Crippen molar-refractivity contribution in [3.63, 3.8) is 0 Å². The average molecular weight is 370 g/mol. The van der Waals surface area contributed by atoms with Crippen LogP contribution in [-0.4, -0.2) is 9.55 Å². The molecule has 2 rings (SSSR count). The number of alkyl halides is 3. The van der Waals surface area contributed by atoms with Crippen LogP contribution in [0, 0.1) is 9.39 Å². The van der Waals surface area contributed by atoms with Crippen LogP contribution in [0.3, 0.4) is 0 Å². The van der Waals surface area contributed by atoms with Crippen molar-refractivity contribution in [3.8, 4) is 11.4 Å². The van der Waals surface area contributed by atoms with E-state index in [0.29, 0.717) is 9.77 Å². The van der Waals surface area contributed by atoms with Crippen LogP contribution in [0.15, 0.2) is 24.4 Å². The van der Waals surface area contributed by atoms with E-state index in [1.54, 1.807) is 6.07 Å². The highest BCUT2D eigenvalue weighted by Gasteiger charge is 2.35. The molecule has 18 heavy (non-hydrogen) atoms. The molecule has 0 amide bonds. The van der Waals surface area contributed by atoms with Gasteiger partial charge in [-0.25, -0.2) is 9.37 Å². The number of hydrogen-bond acceptors (Lipinski definition) is 1. The first kappa shape index (κ1) is 13.3. The van der Waals surface area contributed by atoms with E-state index in [9.17, 15) is 17.6 Å². The topological polar surface area (TPSA) is 17.8 Å². The number of hydrogen-bond donors (Lipinski definition) is 0. The van der Waals surface area contributed by atoms with E-state index in [2.05, 4.69) is 4.98 Å². The average Bonchev–Trinajstić information content (AvgIpc) is 2.60. The molecule has 0 radical (unpaired) electrons. The lowest BCUT2D eigenvalue weighted by molar-refractivity contribution is -0.143. The third-order valence-corrected chi connectivity index (χ3v) is 3.12. The standard InChI is InChI=1S/C11H7F4IN2/c1-18-9(11(13,14)15)5-17-10(18)7-3-2-6(16)4-8(7)12/h2-5H,1H3. The molecule has 0 saturated carbocycles. The van der Waals surface area contributed by atoms with Gasteiger partial charge in [-0.1, -0.05) is 0 Å². The molecule has 0 unspecified atom stereocenters. The zero-order chi connectivity index (χ0) is 13.5. The normalized spacial score (nSPS) is 11.9. The van der Waals surface area contributed by atoms with Crippen molar-refractivity contribution in [1.82, 2.24) is 9.55 Å². The predicted octanol–water partition coefficient (Wildman–Crippen LogP) is 3.85. The van der Waals surface area contributed by atoms with Crippen LogP contribution in [0.5, 0.6) is 0 Å². The van der Waals surface area contributed by atoms with Crippen LogP contribution < -0.4 is 0 Å². The first-order valence-electron chi connectivity index (χ1n) is 4.85. The van der Waals surface area contributed by atoms with Crippen LogP contribution in [0.25, 0.3) is 11.4 Å². The van der Waals surface area contributed by atoms with Crippen molar-refractivity contribution >= 4 is 22.6 Å². The minimum Gasteiger partial charge on any atom is -0.324 e. The van der Waals surface area contributed by atoms with Gasteiger partial charge in [0.25, 0.3) is 0 Å². The minimum absolute atomic E-state index is 0.0452. The molecule has 0 aliphatic heterocycles. The van der Waals surface area contributed by atoms with Crippen molar-refractivity contribution in [2.24, 2.45) is 7.05 Å². The Labute approximate surface area is 114 Å². The molecule has 0 spiro atoms. The largest absolute Gasteiger partial charge is 0.433 e. The smallest absolute Gasteiger partial charge is 0.324 e. The van der Waals surface area contributed by atoms with E-state index in [-0.39, 0.29) is 11.4 Å². The Kier molecular flexibility index (Phi) is 3.35. The van der Waals surface area contributed by atoms with Crippen LogP contribution in [-0.2, 0) is 13.2 Å². The van der Waals surface area contributed by atoms with Gasteiger partial charge in [-0.15, -0.1) is 0 Å². The van der Waals surface area contributed by atoms with Gasteiger partial charge in [-0.05, 0) is 40.8 Å². The van der Waals surface area contributed by atoms with Crippen LogP contribution in [0.1, 0.15) is 5.69 Å². The SMILES string of the molecule is Cn1c(C(F)(F)F)cnc1-c1ccc(I)cc1F. The first-order chi connectivity index (χ1) is 8.30. The summed E-state index contributed by atoms with van der Waals surface area (Å²) in [6.07, 6.45) is -3.80. The Morgan fingerprint density at radius 1 is 1.28 bits per heavy atom. The molecule has 0 aliphatic rings. The van der Waals surface area contributed by atoms with E-state index in [4.69, 9.17) is 0 Å². The molecule has 0 atom stereocenters. The molecular weight excluding hydrogens is 363 g/mol. The van der Waals surface area contributed by atoms with Gasteiger partial charge in [0.05, 0.1) is 11.8 Å². The highest BCUT2D eigenvalue weighted by Crippen LogP contribution is 2.32. The fourth-order valence-electron chi connectivity index (χ4n) is 1.59. The highest BCUT2D eigenvalue weighted by molar-refractivity contribution is 14.1. The summed E-state index contributed by atoms with van der Waals surface area (Å²) in [6.45, 7) is 0. The van der Waals surface area contributed by atoms with Crippen LogP contribution in [0.2, 0.25) is 0 Å². The van der Waals surface area contributed by atoms with Gasteiger partial charge in [0.1, 0.15) is 17.3 Å². The number of imidazole rings is 1. The molecule has 2 nitrogen and oxygen atoms in total. The van der Waals surface area contributed by atoms with Crippen molar-refractivity contribution in [2.75, 3.05) is 0 Å². The summed E-state index contributed by atoms with van der Waals surface area (Å²) in [4.78, 5) is 3.64. The minimum atomic E-state index is -4.50. The maximum atomic E-state index is 13.7. The summed E-state index contributed by atoms with van der Waals surface area (Å²) in [7, 11) is 1.21. The van der Waals surface area contributed by atoms with Crippen molar-refractivity contribution in [1.29, 1.82) is 0 Å². The molecule has 0 fully saturated rings. The summed E-state index contributed by atoms with van der Waals surface area (Å²) in [5, 5.41) is 0. The van der Waals surface area contributed by atoms with E-state index < -0.39 is 17.7 Å². The van der Waals surface area contributed by atoms with Crippen LogP contribution >= 0.6 is 22.6 Å². The number of nitrogens with zero attached hydrogens (tertiary/aromatic N) is 2. The van der Waals surface area contributed by atoms with E-state index in [1.165, 1.54) is 19.2 Å². The molecule has 96 valence electrons. The lowest BCUT2D eigenvalue weighted by Crippen LogP contribution is -2.11. The summed E-state index contributed by atoms with van der Waals surface area (Å²) < 4.78 is 52.9. The summed E-state index contributed by atoms with van der Waals surface area (Å²) in [6, 6.07) is 4.28. The molecular formula is C11H7F4IN2. The number of rotatable bonds is 1. The maximum Gasteiger partial charge on any atom is 0.433 e. The van der Waals surface area contributed by atoms with Gasteiger partial charge in [0.2, 0.25) is 0 Å². The number of aromatic nitrogens is 2. The van der Waals surface area contributed by atoms with E-state index in [0.717, 1.165) is 4.57 Å². The zero-order valence-corrected chi connectivity index (χ0v) is 11.3. The first-order valence-corrected chi connectivity index (χ1v) is 5.93. The molecule has 1 aromatic heterocycles. The van der Waals surface area contributed by atoms with Gasteiger partial charge < -0.3 is 4.57 Å². The second-order valence-corrected chi connectivity index (χ2v) is 4.89. The van der Waals surface area contributed by atoms with Crippen molar-refractivity contribution in [3.05, 3.63) is 39.5 Å². The monoisotopic (exact) mass is 370 g/mol. The fourth-order valence-corrected chi connectivity index (χ4v) is 2.05. The quantitative estimate of drug-likeness (QED) is 0.551. The van der Waals surface area contributed by atoms with E-state index >= 15 is 0 Å². The zero-order valence-electron chi connectivity index (χ0n) is 9.09. The molecule has 2 aromatic rings. The van der Waals surface area contributed by atoms with Crippen LogP contribution in [0.4, 0.5) is 17.6 Å². The molecule has 0 saturated heterocycles. The Balaban J connectivity index is 2.56. The molecule has 7 heteroatoms. The Hall–Kier alpha value is -1.12. The molecule has 0 bridgehead atoms. The fraction of sp³-hybridized carbons (Fsp3) is 0.182.